The van der Waals surface area contributed by atoms with Crippen molar-refractivity contribution in [2.75, 3.05) is 50.3 Å². The van der Waals surface area contributed by atoms with Crippen LogP contribution in [0.3, 0.4) is 0 Å². The lowest BCUT2D eigenvalue weighted by Crippen LogP contribution is -2.41. The van der Waals surface area contributed by atoms with E-state index in [2.05, 4.69) is 5.32 Å². The molecule has 1 N–H and O–H groups in total. The summed E-state index contributed by atoms with van der Waals surface area (Å²) in [6, 6.07) is 20.1. The van der Waals surface area contributed by atoms with Crippen LogP contribution in [0, 0.1) is 0 Å². The van der Waals surface area contributed by atoms with Gasteiger partial charge in [-0.1, -0.05) is 35.9 Å². The molecule has 208 valence electrons. The third-order valence-electron chi connectivity index (χ3n) is 5.84. The molecule has 0 aliphatic carbocycles. The van der Waals surface area contributed by atoms with E-state index in [4.69, 9.17) is 21.1 Å². The number of halogens is 1. The fraction of sp³-hybridized carbons (Fsp3) is 0.269. The summed E-state index contributed by atoms with van der Waals surface area (Å²) in [6.07, 6.45) is 0. The van der Waals surface area contributed by atoms with Crippen LogP contribution in [0.4, 0.5) is 5.69 Å². The minimum absolute atomic E-state index is 0.0418. The molecule has 0 aromatic heterocycles. The number of amides is 1. The predicted octanol–water partition coefficient (Wildman–Crippen LogP) is 2.75. The highest BCUT2D eigenvalue weighted by Gasteiger charge is 2.28. The molecule has 39 heavy (non-hydrogen) atoms. The SMILES string of the molecule is O=C(CN(c1cccc(Cl)c1)S(=O)(=O)c1ccccc1)NCCOc1ccc(S(=O)(=O)N2CCOCC2)cc1. The van der Waals surface area contributed by atoms with Crippen LogP contribution >= 0.6 is 11.6 Å². The number of morpholine rings is 1. The Labute approximate surface area is 233 Å². The monoisotopic (exact) mass is 593 g/mol. The Kier molecular flexibility index (Phi) is 9.46. The maximum atomic E-state index is 13.3. The molecule has 3 aromatic rings. The van der Waals surface area contributed by atoms with E-state index in [0.717, 1.165) is 4.31 Å². The van der Waals surface area contributed by atoms with E-state index < -0.39 is 32.5 Å². The van der Waals surface area contributed by atoms with Gasteiger partial charge in [-0.2, -0.15) is 4.31 Å². The summed E-state index contributed by atoms with van der Waals surface area (Å²) in [6.45, 7) is 1.06. The van der Waals surface area contributed by atoms with Crippen molar-refractivity contribution in [3.63, 3.8) is 0 Å². The molecule has 1 saturated heterocycles. The number of nitrogens with zero attached hydrogens (tertiary/aromatic N) is 2. The average Bonchev–Trinajstić information content (AvgIpc) is 2.95. The summed E-state index contributed by atoms with van der Waals surface area (Å²) in [4.78, 5) is 12.9. The van der Waals surface area contributed by atoms with E-state index >= 15 is 0 Å². The summed E-state index contributed by atoms with van der Waals surface area (Å²) >= 11 is 6.08. The first kappa shape index (κ1) is 28.8. The number of hydrogen-bond donors (Lipinski definition) is 1. The van der Waals surface area contributed by atoms with Crippen molar-refractivity contribution in [3.8, 4) is 5.75 Å². The van der Waals surface area contributed by atoms with Crippen LogP contribution in [0.1, 0.15) is 0 Å². The van der Waals surface area contributed by atoms with Crippen LogP contribution in [0.25, 0.3) is 0 Å². The molecule has 0 spiro atoms. The van der Waals surface area contributed by atoms with Crippen molar-refractivity contribution >= 4 is 43.2 Å². The molecule has 1 aliphatic rings. The van der Waals surface area contributed by atoms with Gasteiger partial charge in [0, 0.05) is 18.1 Å². The van der Waals surface area contributed by atoms with Gasteiger partial charge >= 0.3 is 0 Å². The quantitative estimate of drug-likeness (QED) is 0.339. The van der Waals surface area contributed by atoms with Gasteiger partial charge in [-0.25, -0.2) is 16.8 Å². The molecule has 10 nitrogen and oxygen atoms in total. The molecule has 3 aromatic carbocycles. The highest BCUT2D eigenvalue weighted by molar-refractivity contribution is 7.92. The van der Waals surface area contributed by atoms with Gasteiger partial charge in [-0.05, 0) is 54.6 Å². The van der Waals surface area contributed by atoms with Crippen molar-refractivity contribution in [3.05, 3.63) is 83.9 Å². The zero-order chi connectivity index (χ0) is 27.9. The molecular weight excluding hydrogens is 566 g/mol. The van der Waals surface area contributed by atoms with E-state index in [9.17, 15) is 21.6 Å². The largest absolute Gasteiger partial charge is 0.492 e. The summed E-state index contributed by atoms with van der Waals surface area (Å²) in [7, 11) is -7.65. The highest BCUT2D eigenvalue weighted by Crippen LogP contribution is 2.26. The van der Waals surface area contributed by atoms with E-state index in [0.29, 0.717) is 37.1 Å². The Morgan fingerprint density at radius 2 is 1.62 bits per heavy atom. The van der Waals surface area contributed by atoms with Gasteiger partial charge in [-0.3, -0.25) is 9.10 Å². The number of rotatable bonds is 11. The number of ether oxygens (including phenoxy) is 2. The molecule has 4 rings (SSSR count). The maximum absolute atomic E-state index is 13.3. The van der Waals surface area contributed by atoms with E-state index in [1.54, 1.807) is 48.5 Å². The van der Waals surface area contributed by atoms with Crippen LogP contribution in [0.2, 0.25) is 5.02 Å². The second kappa shape index (κ2) is 12.8. The van der Waals surface area contributed by atoms with Gasteiger partial charge in [-0.15, -0.1) is 0 Å². The number of anilines is 1. The molecule has 1 fully saturated rings. The van der Waals surface area contributed by atoms with E-state index in [-0.39, 0.29) is 28.6 Å². The van der Waals surface area contributed by atoms with Crippen molar-refractivity contribution in [1.82, 2.24) is 9.62 Å². The smallest absolute Gasteiger partial charge is 0.264 e. The second-order valence-corrected chi connectivity index (χ2v) is 12.7. The Balaban J connectivity index is 1.34. The fourth-order valence-corrected chi connectivity index (χ4v) is 6.88. The van der Waals surface area contributed by atoms with Crippen LogP contribution in [-0.4, -0.2) is 73.0 Å². The molecule has 1 amide bonds. The number of sulfonamides is 2. The van der Waals surface area contributed by atoms with Crippen molar-refractivity contribution in [2.24, 2.45) is 0 Å². The first-order chi connectivity index (χ1) is 18.7. The molecule has 1 heterocycles. The number of carbonyl (C=O) groups is 1. The average molecular weight is 594 g/mol. The lowest BCUT2D eigenvalue weighted by atomic mass is 10.3. The summed E-state index contributed by atoms with van der Waals surface area (Å²) in [5.74, 6) is -0.109. The van der Waals surface area contributed by atoms with Gasteiger partial charge in [0.2, 0.25) is 15.9 Å². The van der Waals surface area contributed by atoms with Crippen molar-refractivity contribution in [1.29, 1.82) is 0 Å². The van der Waals surface area contributed by atoms with Crippen LogP contribution < -0.4 is 14.4 Å². The summed E-state index contributed by atoms with van der Waals surface area (Å²) in [5, 5.41) is 2.98. The molecule has 0 bridgehead atoms. The second-order valence-electron chi connectivity index (χ2n) is 8.49. The zero-order valence-corrected chi connectivity index (χ0v) is 23.3. The van der Waals surface area contributed by atoms with E-state index in [1.165, 1.54) is 34.6 Å². The van der Waals surface area contributed by atoms with Gasteiger partial charge in [0.05, 0.1) is 35.2 Å². The topological polar surface area (TPSA) is 122 Å². The number of carbonyl (C=O) groups excluding carboxylic acids is 1. The first-order valence-corrected chi connectivity index (χ1v) is 15.3. The Morgan fingerprint density at radius 1 is 0.923 bits per heavy atom. The van der Waals surface area contributed by atoms with E-state index in [1.807, 2.05) is 0 Å². The lowest BCUT2D eigenvalue weighted by molar-refractivity contribution is -0.119. The minimum atomic E-state index is -4.04. The van der Waals surface area contributed by atoms with Crippen LogP contribution in [0.15, 0.2) is 88.7 Å². The third kappa shape index (κ3) is 7.28. The van der Waals surface area contributed by atoms with Gasteiger partial charge in [0.25, 0.3) is 10.0 Å². The molecule has 13 heteroatoms. The van der Waals surface area contributed by atoms with Crippen molar-refractivity contribution in [2.45, 2.75) is 9.79 Å². The third-order valence-corrected chi connectivity index (χ3v) is 9.78. The standard InChI is InChI=1S/C26H28ClN3O7S2/c27-21-5-4-6-22(19-21)30(39(34,35)24-7-2-1-3-8-24)20-26(31)28-13-16-37-23-9-11-25(12-10-23)38(32,33)29-14-17-36-18-15-29/h1-12,19H,13-18,20H2,(H,28,31). The lowest BCUT2D eigenvalue weighted by Gasteiger charge is -2.26. The number of nitrogens with one attached hydrogen (secondary N) is 1. The van der Waals surface area contributed by atoms with Crippen molar-refractivity contribution < 1.29 is 31.1 Å². The Morgan fingerprint density at radius 3 is 2.28 bits per heavy atom. The minimum Gasteiger partial charge on any atom is -0.492 e. The van der Waals surface area contributed by atoms with Crippen LogP contribution in [-0.2, 0) is 29.6 Å². The van der Waals surface area contributed by atoms with Gasteiger partial charge < -0.3 is 14.8 Å². The van der Waals surface area contributed by atoms with Gasteiger partial charge in [0.1, 0.15) is 18.9 Å². The molecule has 0 radical (unpaired) electrons. The fourth-order valence-electron chi connectivity index (χ4n) is 3.86. The zero-order valence-electron chi connectivity index (χ0n) is 20.9. The maximum Gasteiger partial charge on any atom is 0.264 e. The Hall–Kier alpha value is -3.16. The molecule has 0 unspecified atom stereocenters. The molecule has 1 aliphatic heterocycles. The number of benzene rings is 3. The first-order valence-electron chi connectivity index (χ1n) is 12.1. The highest BCUT2D eigenvalue weighted by atomic mass is 35.5. The molecule has 0 saturated carbocycles. The summed E-state index contributed by atoms with van der Waals surface area (Å²) < 4.78 is 65.3. The molecule has 0 atom stereocenters. The Bertz CT molecular complexity index is 1480. The summed E-state index contributed by atoms with van der Waals surface area (Å²) in [5.41, 5.74) is 0.255. The predicted molar refractivity (Wildman–Crippen MR) is 147 cm³/mol. The normalized spacial score (nSPS) is 14.5. The van der Waals surface area contributed by atoms with Gasteiger partial charge in [0.15, 0.2) is 0 Å². The molecular formula is C26H28ClN3O7S2. The van der Waals surface area contributed by atoms with Crippen LogP contribution in [0.5, 0.6) is 5.75 Å². The number of hydrogen-bond acceptors (Lipinski definition) is 7.